The molecule has 1 rings (SSSR count). The largest absolute Gasteiger partial charge is 0.418 e. The van der Waals surface area contributed by atoms with E-state index in [1.165, 1.54) is 19.3 Å². The lowest BCUT2D eigenvalue weighted by molar-refractivity contribution is 0.201. The van der Waals surface area contributed by atoms with Gasteiger partial charge in [-0.25, -0.2) is 4.57 Å². The Morgan fingerprint density at radius 3 is 2.21 bits per heavy atom. The number of hydrogen-bond acceptors (Lipinski definition) is 4. The third-order valence-electron chi connectivity index (χ3n) is 3.55. The summed E-state index contributed by atoms with van der Waals surface area (Å²) in [6, 6.07) is 0.0158. The van der Waals surface area contributed by atoms with Crippen LogP contribution in [0.15, 0.2) is 0 Å². The van der Waals surface area contributed by atoms with Gasteiger partial charge in [0, 0.05) is 6.04 Å². The molecule has 1 aliphatic rings. The van der Waals surface area contributed by atoms with Crippen LogP contribution in [-0.4, -0.2) is 24.9 Å². The van der Waals surface area contributed by atoms with Gasteiger partial charge in [0.1, 0.15) is 0 Å². The fraction of sp³-hybridized carbons (Fsp3) is 0.923. The quantitative estimate of drug-likeness (QED) is 0.722. The first kappa shape index (κ1) is 16.7. The Hall–Kier alpha value is -0.380. The van der Waals surface area contributed by atoms with Crippen LogP contribution in [0.5, 0.6) is 0 Å². The van der Waals surface area contributed by atoms with E-state index in [1.54, 1.807) is 13.8 Å². The molecule has 0 saturated heterocycles. The van der Waals surface area contributed by atoms with E-state index < -0.39 is 13.2 Å². The van der Waals surface area contributed by atoms with Crippen molar-refractivity contribution in [3.05, 3.63) is 0 Å². The zero-order chi connectivity index (χ0) is 14.3. The lowest BCUT2D eigenvalue weighted by atomic mass is 9.85. The first-order valence-corrected chi connectivity index (χ1v) is 8.78. The highest BCUT2D eigenvalue weighted by Crippen LogP contribution is 2.48. The molecule has 0 aliphatic heterocycles. The molecule has 1 N–H and O–H groups in total. The number of carbonyl (C=O) groups excluding carboxylic acids is 1. The third kappa shape index (κ3) is 4.90. The molecule has 1 saturated carbocycles. The van der Waals surface area contributed by atoms with Gasteiger partial charge in [0.05, 0.1) is 13.2 Å². The monoisotopic (exact) mass is 291 g/mol. The van der Waals surface area contributed by atoms with E-state index >= 15 is 0 Å². The van der Waals surface area contributed by atoms with Crippen LogP contribution in [0.1, 0.15) is 52.9 Å². The Morgan fingerprint density at radius 2 is 1.74 bits per heavy atom. The van der Waals surface area contributed by atoms with Crippen molar-refractivity contribution in [1.82, 2.24) is 5.32 Å². The normalized spacial score (nSPS) is 19.1. The van der Waals surface area contributed by atoms with Gasteiger partial charge in [0.15, 0.2) is 0 Å². The molecule has 0 radical (unpaired) electrons. The highest BCUT2D eigenvalue weighted by molar-refractivity contribution is 7.71. The highest BCUT2D eigenvalue weighted by atomic mass is 31.2. The van der Waals surface area contributed by atoms with Crippen molar-refractivity contribution in [1.29, 1.82) is 0 Å². The molecule has 1 amide bonds. The van der Waals surface area contributed by atoms with Crippen molar-refractivity contribution in [2.45, 2.75) is 58.9 Å². The number of hydrogen-bond donors (Lipinski definition) is 1. The Bertz CT molecular complexity index is 319. The molecule has 0 aromatic rings. The summed E-state index contributed by atoms with van der Waals surface area (Å²) in [5.74, 6) is 0.467. The molecular weight excluding hydrogens is 265 g/mol. The molecule has 0 aromatic carbocycles. The molecule has 0 heterocycles. The molecule has 1 fully saturated rings. The fourth-order valence-electron chi connectivity index (χ4n) is 2.52. The van der Waals surface area contributed by atoms with Crippen LogP contribution in [0, 0.1) is 5.92 Å². The maximum absolute atomic E-state index is 12.3. The summed E-state index contributed by atoms with van der Waals surface area (Å²) in [5, 5.41) is 2.81. The number of rotatable bonds is 7. The summed E-state index contributed by atoms with van der Waals surface area (Å²) < 4.78 is 22.4. The summed E-state index contributed by atoms with van der Waals surface area (Å²) >= 11 is 0. The average molecular weight is 291 g/mol. The Kier molecular flexibility index (Phi) is 7.05. The third-order valence-corrected chi connectivity index (χ3v) is 5.38. The molecule has 0 bridgehead atoms. The van der Waals surface area contributed by atoms with Crippen molar-refractivity contribution in [2.75, 3.05) is 13.2 Å². The second-order valence-corrected chi connectivity index (χ2v) is 6.89. The Morgan fingerprint density at radius 1 is 1.21 bits per heavy atom. The van der Waals surface area contributed by atoms with Gasteiger partial charge < -0.3 is 14.4 Å². The van der Waals surface area contributed by atoms with Gasteiger partial charge in [-0.15, -0.1) is 0 Å². The summed E-state index contributed by atoms with van der Waals surface area (Å²) in [4.78, 5) is 12.1. The minimum Gasteiger partial charge on any atom is -0.343 e. The van der Waals surface area contributed by atoms with E-state index in [9.17, 15) is 9.36 Å². The van der Waals surface area contributed by atoms with Crippen molar-refractivity contribution in [3.8, 4) is 0 Å². The van der Waals surface area contributed by atoms with E-state index in [1.807, 2.05) is 6.92 Å². The summed E-state index contributed by atoms with van der Waals surface area (Å²) in [5.41, 5.74) is -0.603. The molecule has 5 nitrogen and oxygen atoms in total. The molecule has 0 spiro atoms. The Labute approximate surface area is 116 Å². The molecule has 1 aliphatic carbocycles. The van der Waals surface area contributed by atoms with Crippen LogP contribution in [-0.2, 0) is 13.6 Å². The minimum atomic E-state index is -3.67. The average Bonchev–Trinajstić information content (AvgIpc) is 2.40. The van der Waals surface area contributed by atoms with Crippen molar-refractivity contribution < 1.29 is 18.4 Å². The predicted octanol–water partition coefficient (Wildman–Crippen LogP) is 3.93. The number of amides is 1. The lowest BCUT2D eigenvalue weighted by Crippen LogP contribution is -2.38. The minimum absolute atomic E-state index is 0.0158. The van der Waals surface area contributed by atoms with E-state index in [-0.39, 0.29) is 19.3 Å². The van der Waals surface area contributed by atoms with E-state index in [2.05, 4.69) is 5.32 Å². The van der Waals surface area contributed by atoms with Crippen LogP contribution in [0.4, 0.5) is 4.79 Å². The van der Waals surface area contributed by atoms with Gasteiger partial charge in [0.25, 0.3) is 0 Å². The highest BCUT2D eigenvalue weighted by Gasteiger charge is 2.36. The molecule has 0 aromatic heterocycles. The van der Waals surface area contributed by atoms with Crippen molar-refractivity contribution in [2.24, 2.45) is 5.92 Å². The van der Waals surface area contributed by atoms with Gasteiger partial charge in [0.2, 0.25) is 0 Å². The summed E-state index contributed by atoms with van der Waals surface area (Å²) in [6.07, 6.45) is 5.93. The standard InChI is InChI=1S/C13H26NO4P/c1-4-17-19(16,18-5-2)13(15)14-11(3)12-9-7-6-8-10-12/h11-12H,4-10H2,1-3H3,(H,14,15)/t11-/m1/s1. The maximum Gasteiger partial charge on any atom is 0.418 e. The van der Waals surface area contributed by atoms with Crippen LogP contribution in [0.25, 0.3) is 0 Å². The topological polar surface area (TPSA) is 64.6 Å². The van der Waals surface area contributed by atoms with Crippen molar-refractivity contribution in [3.63, 3.8) is 0 Å². The number of nitrogens with one attached hydrogen (secondary N) is 1. The second kappa shape index (κ2) is 8.03. The second-order valence-electron chi connectivity index (χ2n) is 4.97. The van der Waals surface area contributed by atoms with E-state index in [0.29, 0.717) is 5.92 Å². The van der Waals surface area contributed by atoms with Gasteiger partial charge in [-0.3, -0.25) is 4.79 Å². The first-order chi connectivity index (χ1) is 9.03. The van der Waals surface area contributed by atoms with Crippen LogP contribution >= 0.6 is 7.60 Å². The first-order valence-electron chi connectivity index (χ1n) is 7.23. The zero-order valence-electron chi connectivity index (χ0n) is 12.2. The summed E-state index contributed by atoms with van der Waals surface area (Å²) in [7, 11) is -3.67. The van der Waals surface area contributed by atoms with Gasteiger partial charge in [-0.1, -0.05) is 19.3 Å². The molecule has 112 valence electrons. The molecule has 6 heteroatoms. The van der Waals surface area contributed by atoms with Crippen LogP contribution < -0.4 is 5.32 Å². The fourth-order valence-corrected chi connectivity index (χ4v) is 3.87. The van der Waals surface area contributed by atoms with Gasteiger partial charge >= 0.3 is 13.2 Å². The molecule has 1 atom stereocenters. The number of carbonyl (C=O) groups is 1. The van der Waals surface area contributed by atoms with Crippen LogP contribution in [0.3, 0.4) is 0 Å². The Balaban J connectivity index is 2.57. The molecular formula is C13H26NO4P. The SMILES string of the molecule is CCOP(=O)(OCC)C(=O)N[C@H](C)C1CCCCC1. The zero-order valence-corrected chi connectivity index (χ0v) is 13.1. The molecule has 0 unspecified atom stereocenters. The predicted molar refractivity (Wildman–Crippen MR) is 75.4 cm³/mol. The van der Waals surface area contributed by atoms with Gasteiger partial charge in [-0.2, -0.15) is 0 Å². The van der Waals surface area contributed by atoms with Crippen molar-refractivity contribution >= 4 is 13.2 Å². The van der Waals surface area contributed by atoms with E-state index in [4.69, 9.17) is 9.05 Å². The maximum atomic E-state index is 12.3. The molecule has 19 heavy (non-hydrogen) atoms. The lowest BCUT2D eigenvalue weighted by Gasteiger charge is -2.29. The van der Waals surface area contributed by atoms with Crippen LogP contribution in [0.2, 0.25) is 0 Å². The van der Waals surface area contributed by atoms with E-state index in [0.717, 1.165) is 12.8 Å². The smallest absolute Gasteiger partial charge is 0.343 e. The summed E-state index contributed by atoms with van der Waals surface area (Å²) in [6.45, 7) is 5.76. The van der Waals surface area contributed by atoms with Gasteiger partial charge in [-0.05, 0) is 39.5 Å².